The Balaban J connectivity index is 1.41. The monoisotopic (exact) mass is 414 g/mol. The Morgan fingerprint density at radius 3 is 2.69 bits per heavy atom. The van der Waals surface area contributed by atoms with Gasteiger partial charge in [0.1, 0.15) is 5.71 Å². The van der Waals surface area contributed by atoms with E-state index in [1.807, 2.05) is 18.2 Å². The van der Waals surface area contributed by atoms with Crippen LogP contribution >= 0.6 is 0 Å². The van der Waals surface area contributed by atoms with Crippen LogP contribution in [0, 0.1) is 0 Å². The van der Waals surface area contributed by atoms with Gasteiger partial charge in [-0.05, 0) is 24.3 Å². The van der Waals surface area contributed by atoms with Crippen molar-refractivity contribution in [3.05, 3.63) is 60.4 Å². The number of nitrogens with zero attached hydrogens (tertiary/aromatic N) is 4. The van der Waals surface area contributed by atoms with Gasteiger partial charge in [0.05, 0.1) is 23.7 Å². The molecule has 2 aliphatic rings. The molecule has 4 rings (SSSR count). The molecule has 1 fully saturated rings. The van der Waals surface area contributed by atoms with E-state index in [4.69, 9.17) is 4.84 Å². The first-order chi connectivity index (χ1) is 13.9. The molecule has 8 nitrogen and oxygen atoms in total. The van der Waals surface area contributed by atoms with Crippen molar-refractivity contribution in [1.29, 1.82) is 0 Å². The van der Waals surface area contributed by atoms with E-state index in [0.29, 0.717) is 31.6 Å². The van der Waals surface area contributed by atoms with Crippen molar-refractivity contribution in [3.63, 3.8) is 0 Å². The van der Waals surface area contributed by atoms with Gasteiger partial charge < -0.3 is 9.74 Å². The SMILES string of the molecule is CN(Cc1ccccn1)C(=O)C1=NOC2(CCN(S(=O)(=O)c3ccccc3)C2)C1. The van der Waals surface area contributed by atoms with E-state index in [0.717, 1.165) is 5.69 Å². The van der Waals surface area contributed by atoms with Gasteiger partial charge in [0.25, 0.3) is 5.91 Å². The van der Waals surface area contributed by atoms with Gasteiger partial charge in [0, 0.05) is 32.6 Å². The van der Waals surface area contributed by atoms with Crippen molar-refractivity contribution in [2.75, 3.05) is 20.1 Å². The number of hydrogen-bond donors (Lipinski definition) is 0. The molecule has 1 spiro atoms. The minimum atomic E-state index is -3.60. The van der Waals surface area contributed by atoms with Crippen LogP contribution in [0.25, 0.3) is 0 Å². The van der Waals surface area contributed by atoms with Crippen molar-refractivity contribution in [1.82, 2.24) is 14.2 Å². The quantitative estimate of drug-likeness (QED) is 0.742. The minimum Gasteiger partial charge on any atom is -0.387 e. The van der Waals surface area contributed by atoms with Crippen LogP contribution < -0.4 is 0 Å². The van der Waals surface area contributed by atoms with E-state index in [1.165, 1.54) is 9.21 Å². The number of rotatable bonds is 5. The van der Waals surface area contributed by atoms with Gasteiger partial charge in [0.2, 0.25) is 10.0 Å². The summed E-state index contributed by atoms with van der Waals surface area (Å²) in [5.74, 6) is -0.239. The molecule has 1 aromatic carbocycles. The van der Waals surface area contributed by atoms with E-state index in [9.17, 15) is 13.2 Å². The number of sulfonamides is 1. The number of pyridine rings is 1. The molecule has 29 heavy (non-hydrogen) atoms. The van der Waals surface area contributed by atoms with Gasteiger partial charge in [-0.15, -0.1) is 0 Å². The van der Waals surface area contributed by atoms with Crippen molar-refractivity contribution < 1.29 is 18.0 Å². The standard InChI is InChI=1S/C20H22N4O4S/c1-23(14-16-7-5-6-11-21-16)19(25)18-13-20(28-22-18)10-12-24(15-20)29(26,27)17-8-3-2-4-9-17/h2-9,11H,10,12-15H2,1H3. The summed E-state index contributed by atoms with van der Waals surface area (Å²) in [4.78, 5) is 24.4. The predicted molar refractivity (Wildman–Crippen MR) is 106 cm³/mol. The first-order valence-electron chi connectivity index (χ1n) is 9.35. The van der Waals surface area contributed by atoms with Crippen molar-refractivity contribution in [2.45, 2.75) is 29.9 Å². The highest BCUT2D eigenvalue weighted by molar-refractivity contribution is 7.89. The van der Waals surface area contributed by atoms with Gasteiger partial charge in [-0.25, -0.2) is 8.42 Å². The van der Waals surface area contributed by atoms with E-state index in [2.05, 4.69) is 10.1 Å². The van der Waals surface area contributed by atoms with Crippen molar-refractivity contribution >= 4 is 21.6 Å². The lowest BCUT2D eigenvalue weighted by molar-refractivity contribution is -0.123. The Morgan fingerprint density at radius 2 is 1.97 bits per heavy atom. The largest absolute Gasteiger partial charge is 0.387 e. The molecule has 0 N–H and O–H groups in total. The van der Waals surface area contributed by atoms with Gasteiger partial charge in [0.15, 0.2) is 5.60 Å². The van der Waals surface area contributed by atoms with Gasteiger partial charge in [-0.2, -0.15) is 4.31 Å². The Kier molecular flexibility index (Phi) is 5.10. The summed E-state index contributed by atoms with van der Waals surface area (Å²) >= 11 is 0. The lowest BCUT2D eigenvalue weighted by atomic mass is 9.96. The molecule has 3 heterocycles. The molecule has 152 valence electrons. The molecule has 2 aromatic rings. The van der Waals surface area contributed by atoms with Crippen LogP contribution in [0.1, 0.15) is 18.5 Å². The van der Waals surface area contributed by atoms with Gasteiger partial charge in [-0.3, -0.25) is 9.78 Å². The normalized spacial score (nSPS) is 21.8. The minimum absolute atomic E-state index is 0.175. The molecule has 0 aliphatic carbocycles. The number of benzene rings is 1. The molecule has 0 bridgehead atoms. The maximum absolute atomic E-state index is 12.9. The van der Waals surface area contributed by atoms with Crippen LogP contribution in [-0.2, 0) is 26.2 Å². The van der Waals surface area contributed by atoms with E-state index in [1.54, 1.807) is 43.6 Å². The van der Waals surface area contributed by atoms with Crippen molar-refractivity contribution in [2.24, 2.45) is 5.16 Å². The third-order valence-electron chi connectivity index (χ3n) is 5.22. The number of hydrogen-bond acceptors (Lipinski definition) is 6. The third-order valence-corrected chi connectivity index (χ3v) is 7.08. The Labute approximate surface area is 169 Å². The fourth-order valence-corrected chi connectivity index (χ4v) is 5.17. The summed E-state index contributed by atoms with van der Waals surface area (Å²) in [7, 11) is -1.91. The van der Waals surface area contributed by atoms with Crippen LogP contribution in [0.3, 0.4) is 0 Å². The maximum Gasteiger partial charge on any atom is 0.271 e. The number of aromatic nitrogens is 1. The van der Waals surface area contributed by atoms with Crippen LogP contribution in [0.4, 0.5) is 0 Å². The van der Waals surface area contributed by atoms with E-state index in [-0.39, 0.29) is 17.3 Å². The first kappa shape index (κ1) is 19.5. The fourth-order valence-electron chi connectivity index (χ4n) is 3.64. The van der Waals surface area contributed by atoms with E-state index < -0.39 is 15.6 Å². The highest BCUT2D eigenvalue weighted by atomic mass is 32.2. The number of amides is 1. The molecule has 2 aliphatic heterocycles. The Morgan fingerprint density at radius 1 is 1.21 bits per heavy atom. The van der Waals surface area contributed by atoms with Gasteiger partial charge >= 0.3 is 0 Å². The summed E-state index contributed by atoms with van der Waals surface area (Å²) in [6.45, 7) is 0.868. The zero-order chi connectivity index (χ0) is 20.5. The lowest BCUT2D eigenvalue weighted by Gasteiger charge is -2.22. The molecule has 1 amide bonds. The molecular weight excluding hydrogens is 392 g/mol. The van der Waals surface area contributed by atoms with Gasteiger partial charge in [-0.1, -0.05) is 29.4 Å². The summed E-state index contributed by atoms with van der Waals surface area (Å²) in [6, 6.07) is 13.9. The van der Waals surface area contributed by atoms with Crippen LogP contribution in [0.15, 0.2) is 64.8 Å². The number of carbonyl (C=O) groups excluding carboxylic acids is 1. The molecule has 1 atom stereocenters. The zero-order valence-corrected chi connectivity index (χ0v) is 16.9. The second kappa shape index (κ2) is 7.57. The summed E-state index contributed by atoms with van der Waals surface area (Å²) in [5, 5.41) is 4.01. The summed E-state index contributed by atoms with van der Waals surface area (Å²) < 4.78 is 27.1. The predicted octanol–water partition coefficient (Wildman–Crippen LogP) is 1.65. The third kappa shape index (κ3) is 3.88. The fraction of sp³-hybridized carbons (Fsp3) is 0.350. The summed E-state index contributed by atoms with van der Waals surface area (Å²) in [5.41, 5.74) is 0.305. The lowest BCUT2D eigenvalue weighted by Crippen LogP contribution is -2.38. The molecule has 0 saturated carbocycles. The molecule has 1 unspecified atom stereocenters. The average Bonchev–Trinajstić information content (AvgIpc) is 3.36. The van der Waals surface area contributed by atoms with Crippen LogP contribution in [0.2, 0.25) is 0 Å². The highest BCUT2D eigenvalue weighted by Crippen LogP contribution is 2.36. The molecule has 9 heteroatoms. The van der Waals surface area contributed by atoms with Crippen LogP contribution in [-0.4, -0.2) is 60.0 Å². The van der Waals surface area contributed by atoms with Crippen molar-refractivity contribution in [3.8, 4) is 0 Å². The second-order valence-electron chi connectivity index (χ2n) is 7.37. The topological polar surface area (TPSA) is 92.2 Å². The van der Waals surface area contributed by atoms with E-state index >= 15 is 0 Å². The number of oxime groups is 1. The zero-order valence-electron chi connectivity index (χ0n) is 16.1. The second-order valence-corrected chi connectivity index (χ2v) is 9.31. The molecule has 0 radical (unpaired) electrons. The maximum atomic E-state index is 12.9. The molecule has 1 saturated heterocycles. The Hall–Kier alpha value is -2.78. The smallest absolute Gasteiger partial charge is 0.271 e. The molecular formula is C20H22N4O4S. The highest BCUT2D eigenvalue weighted by Gasteiger charge is 2.50. The summed E-state index contributed by atoms with van der Waals surface area (Å²) in [6.07, 6.45) is 2.46. The number of carbonyl (C=O) groups is 1. The first-order valence-corrected chi connectivity index (χ1v) is 10.8. The average molecular weight is 414 g/mol. The Bertz CT molecular complexity index is 1030. The van der Waals surface area contributed by atoms with Crippen LogP contribution in [0.5, 0.6) is 0 Å². The molecule has 1 aromatic heterocycles.